The van der Waals surface area contributed by atoms with E-state index in [4.69, 9.17) is 5.26 Å². The molecular formula is C21H20FN3O2. The van der Waals surface area contributed by atoms with Crippen LogP contribution in [0.1, 0.15) is 27.9 Å². The fraction of sp³-hybridized carbons (Fsp3) is 0.286. The van der Waals surface area contributed by atoms with E-state index in [9.17, 15) is 14.0 Å². The Balaban J connectivity index is 1.61. The maximum Gasteiger partial charge on any atom is 0.253 e. The molecule has 0 N–H and O–H groups in total. The van der Waals surface area contributed by atoms with Crippen molar-refractivity contribution in [2.75, 3.05) is 26.2 Å². The van der Waals surface area contributed by atoms with Crippen LogP contribution >= 0.6 is 0 Å². The van der Waals surface area contributed by atoms with Crippen molar-refractivity contribution in [1.29, 1.82) is 5.26 Å². The molecule has 1 fully saturated rings. The summed E-state index contributed by atoms with van der Waals surface area (Å²) < 4.78 is 13.0. The Morgan fingerprint density at radius 3 is 2.44 bits per heavy atom. The van der Waals surface area contributed by atoms with Crippen LogP contribution in [0.4, 0.5) is 4.39 Å². The van der Waals surface area contributed by atoms with E-state index in [1.54, 1.807) is 46.2 Å². The number of hydrogen-bond donors (Lipinski definition) is 0. The van der Waals surface area contributed by atoms with Gasteiger partial charge < -0.3 is 9.80 Å². The van der Waals surface area contributed by atoms with Crippen molar-refractivity contribution in [3.63, 3.8) is 0 Å². The molecule has 1 aliphatic heterocycles. The van der Waals surface area contributed by atoms with Gasteiger partial charge in [-0.1, -0.05) is 18.2 Å². The highest BCUT2D eigenvalue weighted by Gasteiger charge is 2.23. The van der Waals surface area contributed by atoms with Crippen LogP contribution in [0, 0.1) is 17.1 Å². The van der Waals surface area contributed by atoms with E-state index >= 15 is 0 Å². The van der Waals surface area contributed by atoms with Crippen LogP contribution in [0.2, 0.25) is 0 Å². The molecule has 138 valence electrons. The summed E-state index contributed by atoms with van der Waals surface area (Å²) in [6.07, 6.45) is 0.914. The van der Waals surface area contributed by atoms with Crippen molar-refractivity contribution in [3.8, 4) is 6.07 Å². The third-order valence-electron chi connectivity index (χ3n) is 4.64. The highest BCUT2D eigenvalue weighted by atomic mass is 19.1. The Labute approximate surface area is 157 Å². The molecule has 0 radical (unpaired) electrons. The summed E-state index contributed by atoms with van der Waals surface area (Å²) in [6.45, 7) is 2.06. The molecular weight excluding hydrogens is 345 g/mol. The molecule has 2 amide bonds. The third-order valence-corrected chi connectivity index (χ3v) is 4.64. The van der Waals surface area contributed by atoms with E-state index in [0.717, 1.165) is 5.56 Å². The summed E-state index contributed by atoms with van der Waals surface area (Å²) in [5, 5.41) is 8.99. The molecule has 0 spiro atoms. The lowest BCUT2D eigenvalue weighted by atomic mass is 10.1. The van der Waals surface area contributed by atoms with Gasteiger partial charge in [0.25, 0.3) is 5.91 Å². The lowest BCUT2D eigenvalue weighted by molar-refractivity contribution is -0.130. The van der Waals surface area contributed by atoms with Gasteiger partial charge in [0.05, 0.1) is 18.1 Å². The molecule has 0 bridgehead atoms. The normalized spacial score (nSPS) is 14.4. The molecule has 3 rings (SSSR count). The zero-order chi connectivity index (χ0) is 19.2. The number of carbonyl (C=O) groups is 2. The number of hydrogen-bond acceptors (Lipinski definition) is 3. The first-order valence-corrected chi connectivity index (χ1v) is 8.88. The Morgan fingerprint density at radius 1 is 1.00 bits per heavy atom. The van der Waals surface area contributed by atoms with Crippen molar-refractivity contribution < 1.29 is 14.0 Å². The van der Waals surface area contributed by atoms with Gasteiger partial charge in [-0.3, -0.25) is 9.59 Å². The van der Waals surface area contributed by atoms with Crippen LogP contribution in [0.25, 0.3) is 0 Å². The molecule has 27 heavy (non-hydrogen) atoms. The summed E-state index contributed by atoms with van der Waals surface area (Å²) in [5.74, 6) is -0.474. The predicted molar refractivity (Wildman–Crippen MR) is 98.4 cm³/mol. The first-order valence-electron chi connectivity index (χ1n) is 8.88. The van der Waals surface area contributed by atoms with Gasteiger partial charge in [-0.2, -0.15) is 5.26 Å². The summed E-state index contributed by atoms with van der Waals surface area (Å²) in [4.78, 5) is 28.7. The molecule has 0 aromatic heterocycles. The number of nitrogens with zero attached hydrogens (tertiary/aromatic N) is 3. The maximum absolute atomic E-state index is 13.0. The Morgan fingerprint density at radius 2 is 1.70 bits per heavy atom. The second-order valence-corrected chi connectivity index (χ2v) is 6.52. The Bertz CT molecular complexity index is 874. The van der Waals surface area contributed by atoms with Gasteiger partial charge in [0.15, 0.2) is 0 Å². The highest BCUT2D eigenvalue weighted by Crippen LogP contribution is 2.13. The summed E-state index contributed by atoms with van der Waals surface area (Å²) >= 11 is 0. The highest BCUT2D eigenvalue weighted by molar-refractivity contribution is 5.94. The van der Waals surface area contributed by atoms with Gasteiger partial charge >= 0.3 is 0 Å². The van der Waals surface area contributed by atoms with Crippen LogP contribution in [-0.4, -0.2) is 47.8 Å². The average Bonchev–Trinajstić information content (AvgIpc) is 2.95. The second kappa shape index (κ2) is 8.45. The molecule has 1 aliphatic rings. The number of benzene rings is 2. The van der Waals surface area contributed by atoms with Crippen LogP contribution in [0.5, 0.6) is 0 Å². The molecule has 2 aromatic carbocycles. The molecule has 1 heterocycles. The van der Waals surface area contributed by atoms with Crippen LogP contribution < -0.4 is 0 Å². The van der Waals surface area contributed by atoms with Gasteiger partial charge in [0.2, 0.25) is 5.91 Å². The van der Waals surface area contributed by atoms with E-state index in [1.165, 1.54) is 12.1 Å². The number of halogens is 1. The summed E-state index contributed by atoms with van der Waals surface area (Å²) in [6, 6.07) is 14.6. The zero-order valence-corrected chi connectivity index (χ0v) is 14.9. The topological polar surface area (TPSA) is 64.4 Å². The van der Waals surface area contributed by atoms with E-state index < -0.39 is 0 Å². The van der Waals surface area contributed by atoms with Crippen LogP contribution in [0.15, 0.2) is 48.5 Å². The lowest BCUT2D eigenvalue weighted by Crippen LogP contribution is -2.38. The molecule has 0 unspecified atom stereocenters. The molecule has 5 nitrogen and oxygen atoms in total. The monoisotopic (exact) mass is 365 g/mol. The summed E-state index contributed by atoms with van der Waals surface area (Å²) in [5.41, 5.74) is 1.71. The van der Waals surface area contributed by atoms with Crippen molar-refractivity contribution in [3.05, 3.63) is 71.0 Å². The SMILES string of the molecule is N#Cc1cccc(C(=O)N2CCCN(C(=O)Cc3ccc(F)cc3)CC2)c1. The minimum atomic E-state index is -0.324. The van der Waals surface area contributed by atoms with Gasteiger partial charge in [-0.15, -0.1) is 0 Å². The first kappa shape index (κ1) is 18.6. The summed E-state index contributed by atoms with van der Waals surface area (Å²) in [7, 11) is 0. The first-order chi connectivity index (χ1) is 13.1. The number of nitriles is 1. The van der Waals surface area contributed by atoms with Crippen LogP contribution in [-0.2, 0) is 11.2 Å². The Kier molecular flexibility index (Phi) is 5.82. The van der Waals surface area contributed by atoms with Gasteiger partial charge in [0, 0.05) is 31.7 Å². The Hall–Kier alpha value is -3.20. The minimum Gasteiger partial charge on any atom is -0.341 e. The standard InChI is InChI=1S/C21H20FN3O2/c22-19-7-5-16(6-8-19)14-20(26)24-9-2-10-25(12-11-24)21(27)18-4-1-3-17(13-18)15-23/h1,3-8,13H,2,9-12,14H2. The molecule has 2 aromatic rings. The van der Waals surface area contributed by atoms with Crippen molar-refractivity contribution in [2.24, 2.45) is 0 Å². The fourth-order valence-corrected chi connectivity index (χ4v) is 3.16. The average molecular weight is 365 g/mol. The largest absolute Gasteiger partial charge is 0.341 e. The fourth-order valence-electron chi connectivity index (χ4n) is 3.16. The van der Waals surface area contributed by atoms with Gasteiger partial charge in [0.1, 0.15) is 5.82 Å². The number of rotatable bonds is 3. The molecule has 0 saturated carbocycles. The maximum atomic E-state index is 13.0. The van der Waals surface area contributed by atoms with Crippen molar-refractivity contribution in [1.82, 2.24) is 9.80 Å². The van der Waals surface area contributed by atoms with Gasteiger partial charge in [-0.25, -0.2) is 4.39 Å². The van der Waals surface area contributed by atoms with Gasteiger partial charge in [-0.05, 0) is 42.3 Å². The molecule has 0 atom stereocenters. The molecule has 6 heteroatoms. The van der Waals surface area contributed by atoms with E-state index in [1.807, 2.05) is 6.07 Å². The minimum absolute atomic E-state index is 0.0256. The quantitative estimate of drug-likeness (QED) is 0.840. The van der Waals surface area contributed by atoms with E-state index in [-0.39, 0.29) is 24.1 Å². The predicted octanol–water partition coefficient (Wildman–Crippen LogP) is 2.61. The zero-order valence-electron chi connectivity index (χ0n) is 14.9. The van der Waals surface area contributed by atoms with E-state index in [2.05, 4.69) is 0 Å². The second-order valence-electron chi connectivity index (χ2n) is 6.52. The van der Waals surface area contributed by atoms with Crippen LogP contribution in [0.3, 0.4) is 0 Å². The number of amides is 2. The smallest absolute Gasteiger partial charge is 0.253 e. The molecule has 1 saturated heterocycles. The lowest BCUT2D eigenvalue weighted by Gasteiger charge is -2.22. The van der Waals surface area contributed by atoms with Crippen molar-refractivity contribution in [2.45, 2.75) is 12.8 Å². The third kappa shape index (κ3) is 4.70. The van der Waals surface area contributed by atoms with Crippen molar-refractivity contribution >= 4 is 11.8 Å². The van der Waals surface area contributed by atoms with E-state index in [0.29, 0.717) is 43.7 Å². The molecule has 0 aliphatic carbocycles. The number of carbonyl (C=O) groups excluding carboxylic acids is 2.